The average molecular weight is 218 g/mol. The van der Waals surface area contributed by atoms with E-state index in [2.05, 4.69) is 0 Å². The summed E-state index contributed by atoms with van der Waals surface area (Å²) < 4.78 is 0. The van der Waals surface area contributed by atoms with Crippen molar-refractivity contribution in [3.63, 3.8) is 0 Å². The van der Waals surface area contributed by atoms with E-state index in [1.807, 2.05) is 0 Å². The number of hydrogen-bond acceptors (Lipinski definition) is 3. The number of carbonyl (C=O) groups is 2. The van der Waals surface area contributed by atoms with E-state index in [1.54, 1.807) is 6.92 Å². The van der Waals surface area contributed by atoms with Crippen LogP contribution in [0.4, 0.5) is 9.59 Å². The number of aliphatic hydroxyl groups is 1. The molecule has 2 atom stereocenters. The summed E-state index contributed by atoms with van der Waals surface area (Å²) in [4.78, 5) is 23.8. The van der Waals surface area contributed by atoms with Crippen molar-refractivity contribution in [2.24, 2.45) is 0 Å². The molecule has 15 heavy (non-hydrogen) atoms. The van der Waals surface area contributed by atoms with E-state index in [9.17, 15) is 9.59 Å². The summed E-state index contributed by atoms with van der Waals surface area (Å²) in [7, 11) is 0. The molecular formula is C8H14N2O5. The number of nitrogens with zero attached hydrogens (tertiary/aromatic N) is 2. The fourth-order valence-electron chi connectivity index (χ4n) is 1.70. The topological polar surface area (TPSA) is 101 Å². The molecule has 1 aliphatic rings. The molecule has 0 unspecified atom stereocenters. The summed E-state index contributed by atoms with van der Waals surface area (Å²) in [5, 5.41) is 26.6. The molecule has 7 nitrogen and oxygen atoms in total. The second-order valence-corrected chi connectivity index (χ2v) is 3.56. The fraction of sp³-hybridized carbons (Fsp3) is 0.750. The molecule has 1 heterocycles. The maximum atomic E-state index is 10.8. The molecule has 2 amide bonds. The van der Waals surface area contributed by atoms with Crippen molar-refractivity contribution < 1.29 is 24.9 Å². The van der Waals surface area contributed by atoms with Gasteiger partial charge in [-0.1, -0.05) is 0 Å². The average Bonchev–Trinajstić information content (AvgIpc) is 2.16. The standard InChI is InChI=1S/C8H14N2O5/c1-5-2-10(8(14)15)6(4-11)3-9(5)7(12)13/h5-6,11H,2-4H2,1H3,(H,12,13)(H,14,15)/t5-,6-/m1/s1. The Morgan fingerprint density at radius 3 is 2.13 bits per heavy atom. The third kappa shape index (κ3) is 2.30. The van der Waals surface area contributed by atoms with Gasteiger partial charge in [0, 0.05) is 13.1 Å². The maximum absolute atomic E-state index is 10.8. The van der Waals surface area contributed by atoms with Crippen molar-refractivity contribution in [3.8, 4) is 0 Å². The summed E-state index contributed by atoms with van der Waals surface area (Å²) in [6, 6.07) is -1.06. The molecular weight excluding hydrogens is 204 g/mol. The second kappa shape index (κ2) is 4.35. The third-order valence-corrected chi connectivity index (χ3v) is 2.54. The molecule has 0 aliphatic carbocycles. The Balaban J connectivity index is 2.77. The first kappa shape index (κ1) is 11.6. The van der Waals surface area contributed by atoms with Gasteiger partial charge in [-0.3, -0.25) is 4.90 Å². The highest BCUT2D eigenvalue weighted by atomic mass is 16.4. The van der Waals surface area contributed by atoms with Gasteiger partial charge in [0.1, 0.15) is 0 Å². The van der Waals surface area contributed by atoms with Crippen LogP contribution in [0.15, 0.2) is 0 Å². The largest absolute Gasteiger partial charge is 0.465 e. The molecule has 1 saturated heterocycles. The molecule has 1 fully saturated rings. The number of rotatable bonds is 1. The summed E-state index contributed by atoms with van der Waals surface area (Å²) in [5.41, 5.74) is 0. The molecule has 86 valence electrons. The van der Waals surface area contributed by atoms with E-state index in [0.29, 0.717) is 0 Å². The van der Waals surface area contributed by atoms with E-state index >= 15 is 0 Å². The molecule has 0 aromatic heterocycles. The minimum atomic E-state index is -1.13. The lowest BCUT2D eigenvalue weighted by Gasteiger charge is -2.41. The second-order valence-electron chi connectivity index (χ2n) is 3.56. The molecule has 0 saturated carbocycles. The van der Waals surface area contributed by atoms with E-state index in [4.69, 9.17) is 15.3 Å². The Morgan fingerprint density at radius 2 is 1.73 bits per heavy atom. The van der Waals surface area contributed by atoms with Gasteiger partial charge in [-0.2, -0.15) is 0 Å². The third-order valence-electron chi connectivity index (χ3n) is 2.54. The van der Waals surface area contributed by atoms with Crippen molar-refractivity contribution >= 4 is 12.2 Å². The van der Waals surface area contributed by atoms with Gasteiger partial charge in [-0.25, -0.2) is 9.59 Å². The highest BCUT2D eigenvalue weighted by Crippen LogP contribution is 2.15. The Kier molecular flexibility index (Phi) is 3.35. The molecule has 0 aromatic rings. The Labute approximate surface area is 86.5 Å². The predicted octanol–water partition coefficient (Wildman–Crippen LogP) is -0.291. The maximum Gasteiger partial charge on any atom is 0.407 e. The van der Waals surface area contributed by atoms with Crippen LogP contribution in [0.25, 0.3) is 0 Å². The highest BCUT2D eigenvalue weighted by molar-refractivity contribution is 5.68. The molecule has 0 bridgehead atoms. The van der Waals surface area contributed by atoms with Crippen LogP contribution in [0.2, 0.25) is 0 Å². The molecule has 1 rings (SSSR count). The number of piperazine rings is 1. The van der Waals surface area contributed by atoms with Crippen LogP contribution in [0.1, 0.15) is 6.92 Å². The van der Waals surface area contributed by atoms with Crippen molar-refractivity contribution in [2.75, 3.05) is 19.7 Å². The van der Waals surface area contributed by atoms with E-state index in [-0.39, 0.29) is 25.7 Å². The van der Waals surface area contributed by atoms with Gasteiger partial charge in [-0.05, 0) is 6.92 Å². The van der Waals surface area contributed by atoms with Crippen LogP contribution in [0.5, 0.6) is 0 Å². The fourth-order valence-corrected chi connectivity index (χ4v) is 1.70. The van der Waals surface area contributed by atoms with Gasteiger partial charge in [-0.15, -0.1) is 0 Å². The molecule has 7 heteroatoms. The van der Waals surface area contributed by atoms with Crippen molar-refractivity contribution in [1.82, 2.24) is 9.80 Å². The van der Waals surface area contributed by atoms with Gasteiger partial charge >= 0.3 is 12.2 Å². The van der Waals surface area contributed by atoms with Crippen LogP contribution in [-0.2, 0) is 0 Å². The molecule has 0 aromatic carbocycles. The molecule has 0 radical (unpaired) electrons. The number of amides is 2. The molecule has 1 aliphatic heterocycles. The first-order chi connectivity index (χ1) is 6.97. The van der Waals surface area contributed by atoms with Gasteiger partial charge in [0.25, 0.3) is 0 Å². The van der Waals surface area contributed by atoms with Gasteiger partial charge in [0.2, 0.25) is 0 Å². The highest BCUT2D eigenvalue weighted by Gasteiger charge is 2.36. The first-order valence-corrected chi connectivity index (χ1v) is 4.57. The quantitative estimate of drug-likeness (QED) is 0.561. The van der Waals surface area contributed by atoms with Crippen LogP contribution in [0, 0.1) is 0 Å². The minimum Gasteiger partial charge on any atom is -0.465 e. The normalized spacial score (nSPS) is 26.5. The Morgan fingerprint density at radius 1 is 1.20 bits per heavy atom. The van der Waals surface area contributed by atoms with Gasteiger partial charge < -0.3 is 20.2 Å². The Hall–Kier alpha value is -1.50. The van der Waals surface area contributed by atoms with Crippen molar-refractivity contribution in [3.05, 3.63) is 0 Å². The zero-order valence-corrected chi connectivity index (χ0v) is 8.33. The predicted molar refractivity (Wildman–Crippen MR) is 49.8 cm³/mol. The number of hydrogen-bond donors (Lipinski definition) is 3. The van der Waals surface area contributed by atoms with Crippen LogP contribution in [-0.4, -0.2) is 69.1 Å². The summed E-state index contributed by atoms with van der Waals surface area (Å²) >= 11 is 0. The Bertz CT molecular complexity index is 270. The van der Waals surface area contributed by atoms with Gasteiger partial charge in [0.05, 0.1) is 18.7 Å². The molecule has 3 N–H and O–H groups in total. The van der Waals surface area contributed by atoms with Gasteiger partial charge in [0.15, 0.2) is 0 Å². The van der Waals surface area contributed by atoms with E-state index < -0.39 is 18.2 Å². The SMILES string of the molecule is C[C@@H]1CN(C(=O)O)[C@@H](CO)CN1C(=O)O. The minimum absolute atomic E-state index is 0.0132. The van der Waals surface area contributed by atoms with Crippen LogP contribution < -0.4 is 0 Å². The molecule has 0 spiro atoms. The van der Waals surface area contributed by atoms with E-state index in [1.165, 1.54) is 0 Å². The zero-order valence-electron chi connectivity index (χ0n) is 8.33. The lowest BCUT2D eigenvalue weighted by molar-refractivity contribution is 0.0195. The van der Waals surface area contributed by atoms with Crippen molar-refractivity contribution in [1.29, 1.82) is 0 Å². The van der Waals surface area contributed by atoms with Crippen LogP contribution in [0.3, 0.4) is 0 Å². The smallest absolute Gasteiger partial charge is 0.407 e. The van der Waals surface area contributed by atoms with Crippen LogP contribution >= 0.6 is 0 Å². The summed E-state index contributed by atoms with van der Waals surface area (Å²) in [6.07, 6.45) is -2.23. The number of carboxylic acid groups (broad SMARTS) is 2. The lowest BCUT2D eigenvalue weighted by Crippen LogP contribution is -2.61. The monoisotopic (exact) mass is 218 g/mol. The summed E-state index contributed by atoms with van der Waals surface area (Å²) in [6.45, 7) is 1.37. The lowest BCUT2D eigenvalue weighted by atomic mass is 10.1. The van der Waals surface area contributed by atoms with Crippen molar-refractivity contribution in [2.45, 2.75) is 19.0 Å². The summed E-state index contributed by atoms with van der Waals surface area (Å²) in [5.74, 6) is 0. The van der Waals surface area contributed by atoms with E-state index in [0.717, 1.165) is 9.80 Å². The first-order valence-electron chi connectivity index (χ1n) is 4.57. The zero-order chi connectivity index (χ0) is 11.6. The number of aliphatic hydroxyl groups excluding tert-OH is 1.